The van der Waals surface area contributed by atoms with Crippen molar-refractivity contribution < 1.29 is 9.90 Å². The topological polar surface area (TPSA) is 37.3 Å². The summed E-state index contributed by atoms with van der Waals surface area (Å²) in [7, 11) is 0. The number of aliphatic hydroxyl groups excluding tert-OH is 1. The Hall–Kier alpha value is -2.57. The Bertz CT molecular complexity index is 475. The van der Waals surface area contributed by atoms with Crippen molar-refractivity contribution in [1.29, 1.82) is 0 Å². The summed E-state index contributed by atoms with van der Waals surface area (Å²) in [5.41, 5.74) is 0. The molecule has 19 heavy (non-hydrogen) atoms. The highest BCUT2D eigenvalue weighted by Crippen LogP contribution is 1.72. The molecule has 0 saturated heterocycles. The Balaban J connectivity index is -0.000000224. The average Bonchev–Trinajstić information content (AvgIpc) is 2.32. The van der Waals surface area contributed by atoms with Gasteiger partial charge in [0.05, 0.1) is 0 Å². The highest BCUT2D eigenvalue weighted by molar-refractivity contribution is 6.08. The standard InChI is InChI=1S/C7H8O.C7H6O.C3H4/c2*1-3-5-7(8)6-4-2;1-3-2/h7-8H,1-2H3;1-2H3;1H,2H3. The number of terminal acetylenes is 1. The van der Waals surface area contributed by atoms with E-state index in [9.17, 15) is 4.79 Å². The van der Waals surface area contributed by atoms with Crippen molar-refractivity contribution in [3.63, 3.8) is 0 Å². The fourth-order valence-electron chi connectivity index (χ4n) is 0.568. The molecule has 0 amide bonds. The second kappa shape index (κ2) is 20.8. The molecule has 0 aliphatic heterocycles. The molecule has 2 heteroatoms. The summed E-state index contributed by atoms with van der Waals surface area (Å²) in [5, 5.41) is 8.70. The van der Waals surface area contributed by atoms with E-state index < -0.39 is 6.10 Å². The van der Waals surface area contributed by atoms with Crippen molar-refractivity contribution in [2.75, 3.05) is 0 Å². The van der Waals surface area contributed by atoms with Crippen LogP contribution in [0.25, 0.3) is 0 Å². The molecule has 0 atom stereocenters. The van der Waals surface area contributed by atoms with Gasteiger partial charge >= 0.3 is 0 Å². The summed E-state index contributed by atoms with van der Waals surface area (Å²) in [5.74, 6) is 21.5. The van der Waals surface area contributed by atoms with E-state index in [-0.39, 0.29) is 5.78 Å². The zero-order valence-corrected chi connectivity index (χ0v) is 12.0. The van der Waals surface area contributed by atoms with Crippen molar-refractivity contribution in [2.24, 2.45) is 0 Å². The summed E-state index contributed by atoms with van der Waals surface area (Å²) in [4.78, 5) is 10.3. The predicted molar refractivity (Wildman–Crippen MR) is 79.3 cm³/mol. The van der Waals surface area contributed by atoms with Gasteiger partial charge in [-0.2, -0.15) is 0 Å². The largest absolute Gasteiger partial charge is 0.369 e. The van der Waals surface area contributed by atoms with Crippen LogP contribution in [0.1, 0.15) is 34.6 Å². The molecule has 98 valence electrons. The second-order valence-electron chi connectivity index (χ2n) is 2.56. The molecule has 0 aromatic heterocycles. The molecular weight excluding hydrogens is 236 g/mol. The summed E-state index contributed by atoms with van der Waals surface area (Å²) >= 11 is 0. The quantitative estimate of drug-likeness (QED) is 0.527. The minimum atomic E-state index is -0.759. The molecule has 1 N–H and O–H groups in total. The fourth-order valence-corrected chi connectivity index (χ4v) is 0.568. The molecule has 0 spiro atoms. The summed E-state index contributed by atoms with van der Waals surface area (Å²) in [6.45, 7) is 8.20. The van der Waals surface area contributed by atoms with Gasteiger partial charge in [-0.05, 0) is 46.5 Å². The third kappa shape index (κ3) is 31.3. The summed E-state index contributed by atoms with van der Waals surface area (Å²) in [6, 6.07) is 0. The molecule has 0 aliphatic rings. The van der Waals surface area contributed by atoms with Crippen molar-refractivity contribution in [3.8, 4) is 59.7 Å². The van der Waals surface area contributed by atoms with Gasteiger partial charge < -0.3 is 5.11 Å². The lowest BCUT2D eigenvalue weighted by atomic mass is 10.4. The molecule has 0 saturated carbocycles. The van der Waals surface area contributed by atoms with Gasteiger partial charge in [-0.15, -0.1) is 24.2 Å². The molecule has 0 unspecified atom stereocenters. The van der Waals surface area contributed by atoms with Crippen LogP contribution in [0.5, 0.6) is 0 Å². The van der Waals surface area contributed by atoms with E-state index in [0.29, 0.717) is 0 Å². The van der Waals surface area contributed by atoms with Gasteiger partial charge in [-0.1, -0.05) is 23.7 Å². The number of rotatable bonds is 0. The molecule has 0 bridgehead atoms. The minimum Gasteiger partial charge on any atom is -0.369 e. The molecular formula is C17H18O2. The first kappa shape index (κ1) is 21.7. The summed E-state index contributed by atoms with van der Waals surface area (Å²) < 4.78 is 0. The van der Waals surface area contributed by atoms with Crippen molar-refractivity contribution in [3.05, 3.63) is 0 Å². The van der Waals surface area contributed by atoms with Gasteiger partial charge in [-0.25, -0.2) is 0 Å². The van der Waals surface area contributed by atoms with E-state index >= 15 is 0 Å². The van der Waals surface area contributed by atoms with Crippen LogP contribution in [0, 0.1) is 59.7 Å². The van der Waals surface area contributed by atoms with Crippen LogP contribution in [0.4, 0.5) is 0 Å². The number of carbonyl (C=O) groups excluding carboxylic acids is 1. The Morgan fingerprint density at radius 2 is 1.21 bits per heavy atom. The molecule has 0 radical (unpaired) electrons. The lowest BCUT2D eigenvalue weighted by Crippen LogP contribution is -1.96. The van der Waals surface area contributed by atoms with Crippen LogP contribution in [0.2, 0.25) is 0 Å². The van der Waals surface area contributed by atoms with E-state index in [1.165, 1.54) is 0 Å². The Kier molecular flexibility index (Phi) is 23.7. The number of ketones is 1. The van der Waals surface area contributed by atoms with Crippen molar-refractivity contribution in [2.45, 2.75) is 40.7 Å². The molecule has 0 heterocycles. The SMILES string of the molecule is C#CC.CC#CC(=O)C#CC.CC#CC(O)C#CC. The van der Waals surface area contributed by atoms with Crippen LogP contribution in [-0.2, 0) is 4.79 Å². The van der Waals surface area contributed by atoms with Gasteiger partial charge in [0.15, 0.2) is 6.10 Å². The highest BCUT2D eigenvalue weighted by atomic mass is 16.3. The monoisotopic (exact) mass is 254 g/mol. The number of Topliss-reactive ketones (excluding diaryl/α,β-unsaturated/α-hetero) is 1. The Labute approximate surface area is 117 Å². The van der Waals surface area contributed by atoms with Gasteiger partial charge in [0.25, 0.3) is 5.78 Å². The lowest BCUT2D eigenvalue weighted by Gasteiger charge is -1.84. The van der Waals surface area contributed by atoms with E-state index in [4.69, 9.17) is 5.11 Å². The first-order chi connectivity index (χ1) is 9.03. The van der Waals surface area contributed by atoms with Crippen LogP contribution in [0.3, 0.4) is 0 Å². The normalized spacial score (nSPS) is 5.37. The smallest absolute Gasteiger partial charge is 0.279 e. The third-order valence-corrected chi connectivity index (χ3v) is 1.04. The number of aliphatic hydroxyl groups is 1. The van der Waals surface area contributed by atoms with Gasteiger partial charge in [0.2, 0.25) is 0 Å². The Morgan fingerprint density at radius 1 is 0.895 bits per heavy atom. The fraction of sp³-hybridized carbons (Fsp3) is 0.353. The maximum Gasteiger partial charge on any atom is 0.279 e. The zero-order valence-electron chi connectivity index (χ0n) is 12.0. The van der Waals surface area contributed by atoms with Gasteiger partial charge in [0.1, 0.15) is 0 Å². The van der Waals surface area contributed by atoms with Crippen LogP contribution < -0.4 is 0 Å². The van der Waals surface area contributed by atoms with Crippen molar-refractivity contribution in [1.82, 2.24) is 0 Å². The lowest BCUT2D eigenvalue weighted by molar-refractivity contribution is -0.108. The second-order valence-corrected chi connectivity index (χ2v) is 2.56. The van der Waals surface area contributed by atoms with Crippen LogP contribution >= 0.6 is 0 Å². The van der Waals surface area contributed by atoms with Gasteiger partial charge in [0, 0.05) is 0 Å². The predicted octanol–water partition coefficient (Wildman–Crippen LogP) is 1.64. The van der Waals surface area contributed by atoms with E-state index in [1.807, 2.05) is 0 Å². The minimum absolute atomic E-state index is 0.310. The molecule has 0 aromatic rings. The highest BCUT2D eigenvalue weighted by Gasteiger charge is 1.84. The van der Waals surface area contributed by atoms with Gasteiger partial charge in [-0.3, -0.25) is 4.79 Å². The number of carbonyl (C=O) groups is 1. The molecule has 2 nitrogen and oxygen atoms in total. The molecule has 0 fully saturated rings. The first-order valence-corrected chi connectivity index (χ1v) is 5.33. The number of hydrogen-bond acceptors (Lipinski definition) is 2. The molecule has 0 rings (SSSR count). The molecule has 0 aromatic carbocycles. The molecule has 0 aliphatic carbocycles. The first-order valence-electron chi connectivity index (χ1n) is 5.33. The summed E-state index contributed by atoms with van der Waals surface area (Å²) in [6.07, 6.45) is 3.84. The third-order valence-electron chi connectivity index (χ3n) is 1.04. The van der Waals surface area contributed by atoms with E-state index in [1.54, 1.807) is 34.6 Å². The van der Waals surface area contributed by atoms with E-state index in [2.05, 4.69) is 59.7 Å². The maximum absolute atomic E-state index is 10.3. The van der Waals surface area contributed by atoms with E-state index in [0.717, 1.165) is 0 Å². The van der Waals surface area contributed by atoms with Crippen LogP contribution in [-0.4, -0.2) is 17.0 Å². The Morgan fingerprint density at radius 3 is 1.42 bits per heavy atom. The average molecular weight is 254 g/mol. The zero-order chi connectivity index (χ0) is 15.5. The van der Waals surface area contributed by atoms with Crippen molar-refractivity contribution >= 4 is 5.78 Å². The number of hydrogen-bond donors (Lipinski definition) is 1. The maximum atomic E-state index is 10.3. The van der Waals surface area contributed by atoms with Crippen LogP contribution in [0.15, 0.2) is 0 Å².